The molecule has 0 aromatic heterocycles. The Morgan fingerprint density at radius 1 is 1.21 bits per heavy atom. The molecule has 1 amide bonds. The van der Waals surface area contributed by atoms with Crippen molar-refractivity contribution < 1.29 is 9.53 Å². The van der Waals surface area contributed by atoms with E-state index in [2.05, 4.69) is 42.3 Å². The van der Waals surface area contributed by atoms with Gasteiger partial charge in [0.2, 0.25) is 5.91 Å². The molecular formula is C24H36N3O2+. The minimum Gasteiger partial charge on any atom is -0.381 e. The lowest BCUT2D eigenvalue weighted by atomic mass is 9.79. The predicted molar refractivity (Wildman–Crippen MR) is 117 cm³/mol. The smallest absolute Gasteiger partial charge is 0.233 e. The number of hydrogen-bond acceptors (Lipinski definition) is 3. The number of aryl methyl sites for hydroxylation is 1. The third-order valence-electron chi connectivity index (χ3n) is 8.54. The van der Waals surface area contributed by atoms with Crippen molar-refractivity contribution in [1.82, 2.24) is 9.80 Å². The van der Waals surface area contributed by atoms with Crippen LogP contribution in [0.15, 0.2) is 18.2 Å². The summed E-state index contributed by atoms with van der Waals surface area (Å²) < 4.78 is 6.66. The number of quaternary nitrogens is 1. The van der Waals surface area contributed by atoms with E-state index in [0.29, 0.717) is 18.0 Å². The highest BCUT2D eigenvalue weighted by molar-refractivity contribution is 6.00. The molecule has 0 bridgehead atoms. The van der Waals surface area contributed by atoms with Gasteiger partial charge in [0.25, 0.3) is 0 Å². The quantitative estimate of drug-likeness (QED) is 0.794. The van der Waals surface area contributed by atoms with Crippen molar-refractivity contribution >= 4 is 17.3 Å². The molecule has 4 aliphatic rings. The number of nitrogens with zero attached hydrogens (tertiary/aromatic N) is 2. The summed E-state index contributed by atoms with van der Waals surface area (Å²) in [5.74, 6) is 0.329. The van der Waals surface area contributed by atoms with E-state index in [0.717, 1.165) is 62.3 Å². The summed E-state index contributed by atoms with van der Waals surface area (Å²) >= 11 is 0. The van der Waals surface area contributed by atoms with Crippen LogP contribution in [0.2, 0.25) is 0 Å². The van der Waals surface area contributed by atoms with Crippen molar-refractivity contribution in [1.29, 1.82) is 0 Å². The van der Waals surface area contributed by atoms with Crippen LogP contribution in [0.3, 0.4) is 0 Å². The molecule has 5 heteroatoms. The first-order chi connectivity index (χ1) is 14.1. The topological polar surface area (TPSA) is 41.6 Å². The number of anilines is 1. The molecule has 1 aromatic carbocycles. The van der Waals surface area contributed by atoms with Gasteiger partial charge in [0.15, 0.2) is 0 Å². The number of amides is 1. The van der Waals surface area contributed by atoms with Crippen LogP contribution >= 0.6 is 0 Å². The van der Waals surface area contributed by atoms with Gasteiger partial charge >= 0.3 is 0 Å². The highest BCUT2D eigenvalue weighted by Gasteiger charge is 2.50. The van der Waals surface area contributed by atoms with Gasteiger partial charge < -0.3 is 15.0 Å². The Bertz CT molecular complexity index is 782. The van der Waals surface area contributed by atoms with Gasteiger partial charge in [-0.3, -0.25) is 9.28 Å². The fourth-order valence-corrected chi connectivity index (χ4v) is 6.75. The fourth-order valence-electron chi connectivity index (χ4n) is 6.75. The number of likely N-dealkylation sites (tertiary alicyclic amines) is 1. The Labute approximate surface area is 175 Å². The molecule has 3 atom stereocenters. The molecule has 1 spiro atoms. The van der Waals surface area contributed by atoms with Crippen LogP contribution in [0.1, 0.15) is 51.0 Å². The Balaban J connectivity index is 1.45. The van der Waals surface area contributed by atoms with Crippen LogP contribution < -0.4 is 14.7 Å². The summed E-state index contributed by atoms with van der Waals surface area (Å²) in [7, 11) is 0. The highest BCUT2D eigenvalue weighted by Crippen LogP contribution is 2.45. The molecule has 4 saturated heterocycles. The van der Waals surface area contributed by atoms with E-state index < -0.39 is 0 Å². The zero-order valence-corrected chi connectivity index (χ0v) is 18.1. The van der Waals surface area contributed by atoms with E-state index >= 15 is 0 Å². The van der Waals surface area contributed by atoms with E-state index in [-0.39, 0.29) is 5.41 Å². The van der Waals surface area contributed by atoms with Gasteiger partial charge in [0, 0.05) is 69.9 Å². The van der Waals surface area contributed by atoms with Crippen LogP contribution in [-0.4, -0.2) is 57.4 Å². The number of benzene rings is 1. The van der Waals surface area contributed by atoms with Crippen LogP contribution in [0.5, 0.6) is 0 Å². The second-order valence-electron chi connectivity index (χ2n) is 9.86. The normalized spacial score (nSPS) is 34.4. The Morgan fingerprint density at radius 2 is 2.03 bits per heavy atom. The maximum absolute atomic E-state index is 13.4. The van der Waals surface area contributed by atoms with E-state index in [4.69, 9.17) is 4.74 Å². The molecule has 5 nitrogen and oxygen atoms in total. The summed E-state index contributed by atoms with van der Waals surface area (Å²) in [5, 5.41) is 3.60. The zero-order chi connectivity index (χ0) is 20.1. The molecule has 0 saturated carbocycles. The van der Waals surface area contributed by atoms with E-state index in [1.165, 1.54) is 37.1 Å². The summed E-state index contributed by atoms with van der Waals surface area (Å²) in [6.07, 6.45) is 6.62. The molecule has 0 radical (unpaired) electrons. The summed E-state index contributed by atoms with van der Waals surface area (Å²) in [6, 6.07) is 8.33. The van der Waals surface area contributed by atoms with Gasteiger partial charge in [-0.25, -0.2) is 0 Å². The van der Waals surface area contributed by atoms with Gasteiger partial charge in [-0.2, -0.15) is 0 Å². The van der Waals surface area contributed by atoms with Crippen molar-refractivity contribution in [2.75, 3.05) is 44.3 Å². The molecule has 0 aliphatic carbocycles. The van der Waals surface area contributed by atoms with E-state index in [1.54, 1.807) is 0 Å². The highest BCUT2D eigenvalue weighted by atomic mass is 16.5. The van der Waals surface area contributed by atoms with Crippen LogP contribution in [0.4, 0.5) is 11.4 Å². The summed E-state index contributed by atoms with van der Waals surface area (Å²) in [4.78, 5) is 15.4. The molecule has 5 rings (SSSR count). The molecule has 29 heavy (non-hydrogen) atoms. The van der Waals surface area contributed by atoms with Crippen molar-refractivity contribution in [2.24, 2.45) is 5.41 Å². The molecular weight excluding hydrogens is 362 g/mol. The SMILES string of the molecule is Cc1cc([N+]2([C@@H]3CCNC3)CCC[C@H]2C)ccc1N1CCC2(CCOCC2)C1=O. The molecule has 4 aliphatic heterocycles. The van der Waals surface area contributed by atoms with Crippen molar-refractivity contribution in [3.63, 3.8) is 0 Å². The minimum absolute atomic E-state index is 0.171. The van der Waals surface area contributed by atoms with Crippen LogP contribution in [0, 0.1) is 12.3 Å². The van der Waals surface area contributed by atoms with Crippen molar-refractivity contribution in [3.8, 4) is 0 Å². The van der Waals surface area contributed by atoms with Crippen molar-refractivity contribution in [2.45, 2.75) is 64.5 Å². The maximum atomic E-state index is 13.4. The average molecular weight is 399 g/mol. The Kier molecular flexibility index (Phi) is 4.96. The Morgan fingerprint density at radius 3 is 2.69 bits per heavy atom. The number of carbonyl (C=O) groups is 1. The van der Waals surface area contributed by atoms with Gasteiger partial charge in [-0.1, -0.05) is 0 Å². The lowest BCUT2D eigenvalue weighted by Crippen LogP contribution is -2.59. The molecule has 1 N–H and O–H groups in total. The molecule has 158 valence electrons. The molecule has 1 unspecified atom stereocenters. The van der Waals surface area contributed by atoms with Gasteiger partial charge in [0.1, 0.15) is 11.7 Å². The lowest BCUT2D eigenvalue weighted by molar-refractivity contribution is -0.130. The van der Waals surface area contributed by atoms with Gasteiger partial charge in [-0.05, 0) is 44.7 Å². The minimum atomic E-state index is -0.171. The standard InChI is InChI=1S/C24H36N3O2/c1-18-16-20(27(13-3-4-19(27)2)21-7-11-25-17-21)5-6-22(18)26-12-8-24(23(26)28)9-14-29-15-10-24/h5-6,16,19,21,25H,3-4,7-15,17H2,1-2H3/q+1/t19-,21-,27?/m1/s1. The van der Waals surface area contributed by atoms with Crippen LogP contribution in [0.25, 0.3) is 0 Å². The van der Waals surface area contributed by atoms with Crippen molar-refractivity contribution in [3.05, 3.63) is 23.8 Å². The second-order valence-corrected chi connectivity index (χ2v) is 9.86. The first-order valence-electron chi connectivity index (χ1n) is 11.7. The summed E-state index contributed by atoms with van der Waals surface area (Å²) in [6.45, 7) is 10.5. The third-order valence-corrected chi connectivity index (χ3v) is 8.54. The first-order valence-corrected chi connectivity index (χ1v) is 11.7. The van der Waals surface area contributed by atoms with Crippen LogP contribution in [-0.2, 0) is 9.53 Å². The molecule has 4 fully saturated rings. The Hall–Kier alpha value is -1.43. The monoisotopic (exact) mass is 398 g/mol. The van der Waals surface area contributed by atoms with Gasteiger partial charge in [-0.15, -0.1) is 0 Å². The first kappa shape index (κ1) is 19.5. The zero-order valence-electron chi connectivity index (χ0n) is 18.1. The third kappa shape index (κ3) is 2.96. The summed E-state index contributed by atoms with van der Waals surface area (Å²) in [5.41, 5.74) is 3.66. The fraction of sp³-hybridized carbons (Fsp3) is 0.708. The lowest BCUT2D eigenvalue weighted by Gasteiger charge is -2.43. The maximum Gasteiger partial charge on any atom is 0.233 e. The number of carbonyl (C=O) groups excluding carboxylic acids is 1. The average Bonchev–Trinajstić information content (AvgIpc) is 3.45. The number of nitrogens with one attached hydrogen (secondary N) is 1. The molecule has 1 aromatic rings. The van der Waals surface area contributed by atoms with E-state index in [9.17, 15) is 4.79 Å². The largest absolute Gasteiger partial charge is 0.381 e. The number of hydrogen-bond donors (Lipinski definition) is 1. The number of ether oxygens (including phenoxy) is 1. The van der Waals surface area contributed by atoms with E-state index in [1.807, 2.05) is 0 Å². The van der Waals surface area contributed by atoms with Gasteiger partial charge in [0.05, 0.1) is 18.0 Å². The molecule has 4 heterocycles. The second kappa shape index (κ2) is 7.36. The predicted octanol–water partition coefficient (Wildman–Crippen LogP) is 3.38. The number of rotatable bonds is 3.